The van der Waals surface area contributed by atoms with E-state index >= 15 is 0 Å². The summed E-state index contributed by atoms with van der Waals surface area (Å²) in [6.07, 6.45) is 2.85. The Hall–Kier alpha value is -3.14. The van der Waals surface area contributed by atoms with Gasteiger partial charge in [-0.25, -0.2) is 9.00 Å². The van der Waals surface area contributed by atoms with Crippen LogP contribution in [0, 0.1) is 5.92 Å². The zero-order valence-electron chi connectivity index (χ0n) is 18.9. The maximum atomic E-state index is 12.3. The van der Waals surface area contributed by atoms with Crippen LogP contribution in [0.4, 0.5) is 5.69 Å². The smallest absolute Gasteiger partial charge is 0.327 e. The lowest BCUT2D eigenvalue weighted by Crippen LogP contribution is -2.50. The third-order valence-corrected chi connectivity index (χ3v) is 7.03. The Kier molecular flexibility index (Phi) is 7.66. The van der Waals surface area contributed by atoms with Gasteiger partial charge in [0.25, 0.3) is 11.3 Å². The number of carboxylic acid groups (broad SMARTS) is 1. The number of carbonyl (C=O) groups is 1. The first-order valence-electron chi connectivity index (χ1n) is 11.1. The molecule has 1 aromatic heterocycles. The van der Waals surface area contributed by atoms with Gasteiger partial charge in [0, 0.05) is 0 Å². The Labute approximate surface area is 201 Å². The topological polar surface area (TPSA) is 103 Å². The molecule has 2 aromatic carbocycles. The van der Waals surface area contributed by atoms with Crippen molar-refractivity contribution in [3.8, 4) is 16.9 Å². The van der Waals surface area contributed by atoms with Gasteiger partial charge >= 0.3 is 5.97 Å². The Balaban J connectivity index is 1.50. The summed E-state index contributed by atoms with van der Waals surface area (Å²) in [5.74, 6) is 0.249. The minimum atomic E-state index is -2.49. The predicted octanol–water partition coefficient (Wildman–Crippen LogP) is 4.26. The van der Waals surface area contributed by atoms with Crippen LogP contribution in [0.25, 0.3) is 11.1 Å². The van der Waals surface area contributed by atoms with Crippen LogP contribution in [0.15, 0.2) is 71.3 Å². The van der Waals surface area contributed by atoms with Crippen LogP contribution >= 0.6 is 0 Å². The van der Waals surface area contributed by atoms with E-state index in [-0.39, 0.29) is 5.92 Å². The highest BCUT2D eigenvalue weighted by Gasteiger charge is 2.38. The van der Waals surface area contributed by atoms with E-state index < -0.39 is 23.3 Å². The van der Waals surface area contributed by atoms with E-state index in [1.54, 1.807) is 25.5 Å². The van der Waals surface area contributed by atoms with E-state index in [9.17, 15) is 18.7 Å². The second-order valence-electron chi connectivity index (χ2n) is 8.31. The maximum absolute atomic E-state index is 12.3. The summed E-state index contributed by atoms with van der Waals surface area (Å²) in [6, 6.07) is 17.2. The van der Waals surface area contributed by atoms with E-state index in [0.717, 1.165) is 26.9 Å². The predicted molar refractivity (Wildman–Crippen MR) is 130 cm³/mol. The number of piperidine rings is 1. The van der Waals surface area contributed by atoms with Crippen LogP contribution < -0.4 is 9.04 Å². The van der Waals surface area contributed by atoms with E-state index in [2.05, 4.69) is 4.90 Å². The number of anilines is 1. The zero-order valence-corrected chi connectivity index (χ0v) is 19.7. The standard InChI is InChI=1S/C25H28N2O6S/c1-32-22-10-6-19(7-11-22)18-4-8-21(9-5-18)27(34(30)31)24(25(28)29)20-12-14-26(15-13-20)17-23-3-2-16-33-23/h2-11,16,20,24H,12-15,17H2,1H3,(H,28,29)(H,30,31). The first-order valence-corrected chi connectivity index (χ1v) is 12.1. The third-order valence-electron chi connectivity index (χ3n) is 6.26. The fraction of sp³-hybridized carbons (Fsp3) is 0.320. The molecule has 0 radical (unpaired) electrons. The number of hydrogen-bond donors (Lipinski definition) is 2. The number of likely N-dealkylation sites (tertiary alicyclic amines) is 1. The Morgan fingerprint density at radius 2 is 1.74 bits per heavy atom. The van der Waals surface area contributed by atoms with Crippen molar-refractivity contribution in [3.05, 3.63) is 72.7 Å². The van der Waals surface area contributed by atoms with Gasteiger partial charge in [-0.1, -0.05) is 24.3 Å². The first kappa shape index (κ1) is 24.0. The van der Waals surface area contributed by atoms with Gasteiger partial charge < -0.3 is 14.3 Å². The molecule has 1 aliphatic rings. The maximum Gasteiger partial charge on any atom is 0.327 e. The van der Waals surface area contributed by atoms with Crippen LogP contribution in [-0.2, 0) is 22.6 Å². The molecule has 2 N–H and O–H groups in total. The van der Waals surface area contributed by atoms with Gasteiger partial charge in [0.15, 0.2) is 0 Å². The SMILES string of the molecule is COc1ccc(-c2ccc(N(C(C(=O)O)C3CCN(Cc4ccco4)CC3)S(=O)O)cc2)cc1. The van der Waals surface area contributed by atoms with Crippen molar-refractivity contribution in [1.29, 1.82) is 0 Å². The Morgan fingerprint density at radius 3 is 2.24 bits per heavy atom. The molecule has 1 saturated heterocycles. The van der Waals surface area contributed by atoms with Crippen LogP contribution in [0.1, 0.15) is 18.6 Å². The quantitative estimate of drug-likeness (QED) is 0.437. The molecule has 9 heteroatoms. The second-order valence-corrected chi connectivity index (χ2v) is 9.16. The van der Waals surface area contributed by atoms with Crippen molar-refractivity contribution in [1.82, 2.24) is 4.90 Å². The minimum absolute atomic E-state index is 0.261. The highest BCUT2D eigenvalue weighted by atomic mass is 32.2. The van der Waals surface area contributed by atoms with E-state index in [1.807, 2.05) is 48.5 Å². The lowest BCUT2D eigenvalue weighted by molar-refractivity contribution is -0.140. The van der Waals surface area contributed by atoms with Gasteiger partial charge in [-0.05, 0) is 79.4 Å². The minimum Gasteiger partial charge on any atom is -0.497 e. The van der Waals surface area contributed by atoms with Crippen LogP contribution in [0.5, 0.6) is 5.75 Å². The molecule has 8 nitrogen and oxygen atoms in total. The highest BCUT2D eigenvalue weighted by Crippen LogP contribution is 2.31. The molecular formula is C25H28N2O6S. The molecule has 2 unspecified atom stereocenters. The largest absolute Gasteiger partial charge is 0.497 e. The van der Waals surface area contributed by atoms with Crippen molar-refractivity contribution < 1.29 is 27.8 Å². The number of furan rings is 1. The lowest BCUT2D eigenvalue weighted by Gasteiger charge is -2.38. The number of benzene rings is 2. The number of hydrogen-bond acceptors (Lipinski definition) is 5. The molecule has 2 atom stereocenters. The van der Waals surface area contributed by atoms with Crippen molar-refractivity contribution in [3.63, 3.8) is 0 Å². The van der Waals surface area contributed by atoms with Gasteiger partial charge in [0.2, 0.25) is 0 Å². The fourth-order valence-corrected chi connectivity index (χ4v) is 5.23. The Morgan fingerprint density at radius 1 is 1.12 bits per heavy atom. The van der Waals surface area contributed by atoms with Gasteiger partial charge in [0.05, 0.1) is 25.6 Å². The normalized spacial score (nSPS) is 16.6. The lowest BCUT2D eigenvalue weighted by atomic mass is 9.89. The molecule has 0 spiro atoms. The molecule has 180 valence electrons. The van der Waals surface area contributed by atoms with E-state index in [0.29, 0.717) is 38.2 Å². The molecule has 1 aliphatic heterocycles. The number of nitrogens with zero attached hydrogens (tertiary/aromatic N) is 2. The fourth-order valence-electron chi connectivity index (χ4n) is 4.48. The monoisotopic (exact) mass is 484 g/mol. The van der Waals surface area contributed by atoms with Crippen LogP contribution in [0.2, 0.25) is 0 Å². The van der Waals surface area contributed by atoms with Crippen molar-refractivity contribution in [2.45, 2.75) is 25.4 Å². The molecule has 0 saturated carbocycles. The number of carboxylic acids is 1. The zero-order chi connectivity index (χ0) is 24.1. The molecule has 0 amide bonds. The summed E-state index contributed by atoms with van der Waals surface area (Å²) in [7, 11) is 1.61. The molecule has 2 heterocycles. The average Bonchev–Trinajstić information content (AvgIpc) is 3.36. The van der Waals surface area contributed by atoms with Crippen molar-refractivity contribution in [2.24, 2.45) is 5.92 Å². The summed E-state index contributed by atoms with van der Waals surface area (Å²) < 4.78 is 34.1. The van der Waals surface area contributed by atoms with Crippen LogP contribution in [-0.4, -0.2) is 51.0 Å². The molecular weight excluding hydrogens is 456 g/mol. The molecule has 3 aromatic rings. The number of rotatable bonds is 9. The molecule has 4 rings (SSSR count). The highest BCUT2D eigenvalue weighted by molar-refractivity contribution is 7.80. The van der Waals surface area contributed by atoms with Gasteiger partial charge in [-0.2, -0.15) is 0 Å². The first-order chi connectivity index (χ1) is 16.5. The summed E-state index contributed by atoms with van der Waals surface area (Å²) >= 11 is -2.49. The summed E-state index contributed by atoms with van der Waals surface area (Å²) in [5, 5.41) is 10.0. The molecule has 34 heavy (non-hydrogen) atoms. The van der Waals surface area contributed by atoms with E-state index in [4.69, 9.17) is 9.15 Å². The van der Waals surface area contributed by atoms with Crippen molar-refractivity contribution >= 4 is 22.9 Å². The van der Waals surface area contributed by atoms with Crippen LogP contribution in [0.3, 0.4) is 0 Å². The summed E-state index contributed by atoms with van der Waals surface area (Å²) in [5.41, 5.74) is 2.26. The third kappa shape index (κ3) is 5.49. The van der Waals surface area contributed by atoms with E-state index in [1.165, 1.54) is 0 Å². The Bertz CT molecular complexity index is 1090. The average molecular weight is 485 g/mol. The van der Waals surface area contributed by atoms with Gasteiger partial charge in [-0.15, -0.1) is 0 Å². The molecule has 0 aliphatic carbocycles. The second kappa shape index (κ2) is 10.9. The van der Waals surface area contributed by atoms with Gasteiger partial charge in [-0.3, -0.25) is 13.8 Å². The number of methoxy groups -OCH3 is 1. The number of aliphatic carboxylic acids is 1. The molecule has 1 fully saturated rings. The van der Waals surface area contributed by atoms with Gasteiger partial charge in [0.1, 0.15) is 17.6 Å². The molecule has 0 bridgehead atoms. The number of ether oxygens (including phenoxy) is 1. The summed E-state index contributed by atoms with van der Waals surface area (Å²) in [6.45, 7) is 2.05. The van der Waals surface area contributed by atoms with Crippen molar-refractivity contribution in [2.75, 3.05) is 24.5 Å². The summed E-state index contributed by atoms with van der Waals surface area (Å²) in [4.78, 5) is 14.5.